The average Bonchev–Trinajstić information content (AvgIpc) is 2.84. The van der Waals surface area contributed by atoms with Crippen LogP contribution in [0.2, 0.25) is 0 Å². The van der Waals surface area contributed by atoms with Crippen LogP contribution in [0.1, 0.15) is 31.4 Å². The lowest BCUT2D eigenvalue weighted by Gasteiger charge is -2.25. The van der Waals surface area contributed by atoms with E-state index in [2.05, 4.69) is 10.4 Å². The fourth-order valence-corrected chi connectivity index (χ4v) is 2.76. The van der Waals surface area contributed by atoms with Gasteiger partial charge in [-0.1, -0.05) is 6.42 Å². The Morgan fingerprint density at radius 2 is 2.20 bits per heavy atom. The van der Waals surface area contributed by atoms with Gasteiger partial charge in [0.2, 0.25) is 5.91 Å². The molecule has 0 aliphatic heterocycles. The predicted octanol–water partition coefficient (Wildman–Crippen LogP) is 0.970. The molecule has 2 unspecified atom stereocenters. The Bertz CT molecular complexity index is 484. The molecule has 0 saturated heterocycles. The number of hydrogen-bond donors (Lipinski definition) is 2. The van der Waals surface area contributed by atoms with Gasteiger partial charge in [-0.15, -0.1) is 0 Å². The highest BCUT2D eigenvalue weighted by molar-refractivity contribution is 5.80. The van der Waals surface area contributed by atoms with Gasteiger partial charge in [-0.3, -0.25) is 14.3 Å². The number of carboxylic acids is 1. The van der Waals surface area contributed by atoms with E-state index in [1.165, 1.54) is 0 Å². The highest BCUT2D eigenvalue weighted by Gasteiger charge is 2.30. The van der Waals surface area contributed by atoms with E-state index < -0.39 is 5.97 Å². The lowest BCUT2D eigenvalue weighted by atomic mass is 9.81. The van der Waals surface area contributed by atoms with E-state index in [0.717, 1.165) is 25.0 Å². The number of aromatic nitrogens is 2. The second kappa shape index (κ2) is 6.54. The fourth-order valence-electron chi connectivity index (χ4n) is 2.76. The molecular weight excluding hydrogens is 258 g/mol. The fraction of sp³-hybridized carbons (Fsp3) is 0.643. The first-order valence-corrected chi connectivity index (χ1v) is 7.05. The summed E-state index contributed by atoms with van der Waals surface area (Å²) in [5.41, 5.74) is 1.07. The minimum absolute atomic E-state index is 0.0156. The Balaban J connectivity index is 1.77. The number of rotatable bonds is 5. The molecule has 0 bridgehead atoms. The Kier molecular flexibility index (Phi) is 4.76. The molecular formula is C14H21N3O3. The standard InChI is InChI=1S/C14H21N3O3/c1-17-12(6-8-16-17)5-7-15-13(18)10-3-2-4-11(9-10)14(19)20/h6,8,10-11H,2-5,7,9H2,1H3,(H,15,18)(H,19,20). The summed E-state index contributed by atoms with van der Waals surface area (Å²) in [7, 11) is 1.87. The van der Waals surface area contributed by atoms with Crippen LogP contribution in [0.15, 0.2) is 12.3 Å². The van der Waals surface area contributed by atoms with Crippen molar-refractivity contribution in [2.75, 3.05) is 6.54 Å². The number of aryl methyl sites for hydroxylation is 1. The van der Waals surface area contributed by atoms with E-state index >= 15 is 0 Å². The molecule has 1 heterocycles. The summed E-state index contributed by atoms with van der Waals surface area (Å²) in [6.07, 6.45) is 5.23. The lowest BCUT2D eigenvalue weighted by Crippen LogP contribution is -2.36. The molecule has 20 heavy (non-hydrogen) atoms. The maximum Gasteiger partial charge on any atom is 0.306 e. The number of carbonyl (C=O) groups excluding carboxylic acids is 1. The number of carboxylic acid groups (broad SMARTS) is 1. The molecule has 2 rings (SSSR count). The summed E-state index contributed by atoms with van der Waals surface area (Å²) in [6, 6.07) is 1.92. The minimum atomic E-state index is -0.780. The maximum atomic E-state index is 12.1. The topological polar surface area (TPSA) is 84.2 Å². The van der Waals surface area contributed by atoms with Crippen molar-refractivity contribution in [1.82, 2.24) is 15.1 Å². The van der Waals surface area contributed by atoms with Gasteiger partial charge in [0.05, 0.1) is 5.92 Å². The summed E-state index contributed by atoms with van der Waals surface area (Å²) in [4.78, 5) is 23.0. The van der Waals surface area contributed by atoms with E-state index in [4.69, 9.17) is 5.11 Å². The second-order valence-electron chi connectivity index (χ2n) is 5.39. The quantitative estimate of drug-likeness (QED) is 0.841. The lowest BCUT2D eigenvalue weighted by molar-refractivity contribution is -0.144. The number of carbonyl (C=O) groups is 2. The molecule has 1 fully saturated rings. The van der Waals surface area contributed by atoms with Crippen LogP contribution >= 0.6 is 0 Å². The van der Waals surface area contributed by atoms with Gasteiger partial charge in [0.15, 0.2) is 0 Å². The monoisotopic (exact) mass is 279 g/mol. The van der Waals surface area contributed by atoms with Gasteiger partial charge in [-0.2, -0.15) is 5.10 Å². The Hall–Kier alpha value is -1.85. The van der Waals surface area contributed by atoms with Crippen molar-refractivity contribution in [2.45, 2.75) is 32.1 Å². The molecule has 1 aromatic heterocycles. The Labute approximate surface area is 118 Å². The molecule has 1 saturated carbocycles. The first-order chi connectivity index (χ1) is 9.58. The van der Waals surface area contributed by atoms with Gasteiger partial charge < -0.3 is 10.4 Å². The van der Waals surface area contributed by atoms with E-state index in [0.29, 0.717) is 19.4 Å². The van der Waals surface area contributed by atoms with Gasteiger partial charge in [0, 0.05) is 37.8 Å². The van der Waals surface area contributed by atoms with Gasteiger partial charge in [-0.05, 0) is 25.3 Å². The van der Waals surface area contributed by atoms with E-state index in [-0.39, 0.29) is 17.7 Å². The molecule has 6 nitrogen and oxygen atoms in total. The van der Waals surface area contributed by atoms with E-state index in [1.54, 1.807) is 10.9 Å². The van der Waals surface area contributed by atoms with Crippen LogP contribution in [0.25, 0.3) is 0 Å². The van der Waals surface area contributed by atoms with Crippen molar-refractivity contribution in [1.29, 1.82) is 0 Å². The molecule has 0 radical (unpaired) electrons. The summed E-state index contributed by atoms with van der Waals surface area (Å²) < 4.78 is 1.78. The van der Waals surface area contributed by atoms with Crippen molar-refractivity contribution < 1.29 is 14.7 Å². The summed E-state index contributed by atoms with van der Waals surface area (Å²) in [5.74, 6) is -1.32. The van der Waals surface area contributed by atoms with Crippen molar-refractivity contribution in [3.05, 3.63) is 18.0 Å². The predicted molar refractivity (Wildman–Crippen MR) is 73.0 cm³/mol. The van der Waals surface area contributed by atoms with Gasteiger partial charge >= 0.3 is 5.97 Å². The number of amides is 1. The zero-order valence-corrected chi connectivity index (χ0v) is 11.7. The van der Waals surface area contributed by atoms with Crippen molar-refractivity contribution in [3.8, 4) is 0 Å². The number of aliphatic carboxylic acids is 1. The third kappa shape index (κ3) is 3.59. The summed E-state index contributed by atoms with van der Waals surface area (Å²) >= 11 is 0. The molecule has 1 aliphatic rings. The molecule has 110 valence electrons. The van der Waals surface area contributed by atoms with Crippen LogP contribution in [-0.4, -0.2) is 33.3 Å². The largest absolute Gasteiger partial charge is 0.481 e. The molecule has 1 aromatic rings. The van der Waals surface area contributed by atoms with Crippen LogP contribution in [0, 0.1) is 11.8 Å². The average molecular weight is 279 g/mol. The van der Waals surface area contributed by atoms with Crippen molar-refractivity contribution in [2.24, 2.45) is 18.9 Å². The molecule has 2 atom stereocenters. The van der Waals surface area contributed by atoms with Crippen LogP contribution in [0.3, 0.4) is 0 Å². The van der Waals surface area contributed by atoms with E-state index in [9.17, 15) is 9.59 Å². The first kappa shape index (κ1) is 14.6. The third-order valence-corrected chi connectivity index (χ3v) is 4.00. The molecule has 1 amide bonds. The number of nitrogens with zero attached hydrogens (tertiary/aromatic N) is 2. The second-order valence-corrected chi connectivity index (χ2v) is 5.39. The van der Waals surface area contributed by atoms with Crippen LogP contribution in [-0.2, 0) is 23.1 Å². The maximum absolute atomic E-state index is 12.1. The van der Waals surface area contributed by atoms with Crippen LogP contribution < -0.4 is 5.32 Å². The molecule has 2 N–H and O–H groups in total. The van der Waals surface area contributed by atoms with Gasteiger partial charge in [0.25, 0.3) is 0 Å². The number of hydrogen-bond acceptors (Lipinski definition) is 3. The Morgan fingerprint density at radius 1 is 1.45 bits per heavy atom. The SMILES string of the molecule is Cn1nccc1CCNC(=O)C1CCCC(C(=O)O)C1. The molecule has 0 spiro atoms. The summed E-state index contributed by atoms with van der Waals surface area (Å²) in [6.45, 7) is 0.562. The van der Waals surface area contributed by atoms with Crippen LogP contribution in [0.5, 0.6) is 0 Å². The highest BCUT2D eigenvalue weighted by atomic mass is 16.4. The molecule has 1 aliphatic carbocycles. The van der Waals surface area contributed by atoms with Crippen LogP contribution in [0.4, 0.5) is 0 Å². The molecule has 6 heteroatoms. The Morgan fingerprint density at radius 3 is 2.85 bits per heavy atom. The normalized spacial score (nSPS) is 22.4. The van der Waals surface area contributed by atoms with Gasteiger partial charge in [0.1, 0.15) is 0 Å². The minimum Gasteiger partial charge on any atom is -0.481 e. The van der Waals surface area contributed by atoms with Crippen molar-refractivity contribution in [3.63, 3.8) is 0 Å². The first-order valence-electron chi connectivity index (χ1n) is 7.05. The zero-order chi connectivity index (χ0) is 14.5. The third-order valence-electron chi connectivity index (χ3n) is 4.00. The highest BCUT2D eigenvalue weighted by Crippen LogP contribution is 2.29. The van der Waals surface area contributed by atoms with Crippen molar-refractivity contribution >= 4 is 11.9 Å². The zero-order valence-electron chi connectivity index (χ0n) is 11.7. The smallest absolute Gasteiger partial charge is 0.306 e. The van der Waals surface area contributed by atoms with E-state index in [1.807, 2.05) is 13.1 Å². The number of nitrogens with one attached hydrogen (secondary N) is 1. The van der Waals surface area contributed by atoms with Gasteiger partial charge in [-0.25, -0.2) is 0 Å². The summed E-state index contributed by atoms with van der Waals surface area (Å²) in [5, 5.41) is 16.0. The molecule has 0 aromatic carbocycles.